The molecular weight excluding hydrogens is 352 g/mol. The summed E-state index contributed by atoms with van der Waals surface area (Å²) < 4.78 is 5.66. The van der Waals surface area contributed by atoms with E-state index in [2.05, 4.69) is 15.3 Å². The van der Waals surface area contributed by atoms with E-state index in [4.69, 9.17) is 4.74 Å². The zero-order valence-corrected chi connectivity index (χ0v) is 16.3. The number of ether oxygens (including phenoxy) is 1. The van der Waals surface area contributed by atoms with Crippen molar-refractivity contribution in [3.8, 4) is 0 Å². The molecule has 142 valence electrons. The van der Waals surface area contributed by atoms with Crippen LogP contribution in [-0.2, 0) is 4.74 Å². The van der Waals surface area contributed by atoms with E-state index in [1.807, 2.05) is 20.8 Å². The topological polar surface area (TPSA) is 87.6 Å². The van der Waals surface area contributed by atoms with Crippen LogP contribution in [-0.4, -0.2) is 64.3 Å². The molecule has 0 saturated carbocycles. The Morgan fingerprint density at radius 3 is 2.96 bits per heavy atom. The molecule has 0 aliphatic carbocycles. The standard InChI is InChI=1S/C18H26N4O3S/c1-11(2)22(6-7-23)18(24)15-12(3)14-16(20-10-21-17(14)26-15)19-9-13-5-4-8-25-13/h10-11,13,23H,4-9H2,1-3H3,(H,19,20,21). The molecule has 0 aromatic carbocycles. The maximum Gasteiger partial charge on any atom is 0.264 e. The smallest absolute Gasteiger partial charge is 0.264 e. The van der Waals surface area contributed by atoms with Crippen LogP contribution in [0.15, 0.2) is 6.33 Å². The number of nitrogens with zero attached hydrogens (tertiary/aromatic N) is 3. The van der Waals surface area contributed by atoms with E-state index in [1.54, 1.807) is 4.90 Å². The summed E-state index contributed by atoms with van der Waals surface area (Å²) in [4.78, 5) is 24.9. The quantitative estimate of drug-likeness (QED) is 0.769. The molecule has 8 heteroatoms. The second-order valence-electron chi connectivity index (χ2n) is 6.79. The zero-order chi connectivity index (χ0) is 18.7. The van der Waals surface area contributed by atoms with Crippen LogP contribution in [0.1, 0.15) is 41.9 Å². The van der Waals surface area contributed by atoms with Gasteiger partial charge in [-0.3, -0.25) is 4.79 Å². The van der Waals surface area contributed by atoms with Gasteiger partial charge in [0, 0.05) is 25.7 Å². The molecule has 2 N–H and O–H groups in total. The number of aryl methyl sites for hydroxylation is 1. The van der Waals surface area contributed by atoms with Gasteiger partial charge in [-0.15, -0.1) is 11.3 Å². The minimum Gasteiger partial charge on any atom is -0.395 e. The van der Waals surface area contributed by atoms with Gasteiger partial charge in [0.1, 0.15) is 17.0 Å². The predicted octanol–water partition coefficient (Wildman–Crippen LogP) is 2.43. The van der Waals surface area contributed by atoms with E-state index in [1.165, 1.54) is 17.7 Å². The second kappa shape index (κ2) is 8.28. The second-order valence-corrected chi connectivity index (χ2v) is 7.79. The van der Waals surface area contributed by atoms with Crippen LogP contribution in [0.4, 0.5) is 5.82 Å². The lowest BCUT2D eigenvalue weighted by Crippen LogP contribution is -2.38. The molecule has 7 nitrogen and oxygen atoms in total. The fourth-order valence-corrected chi connectivity index (χ4v) is 4.36. The maximum absolute atomic E-state index is 13.0. The van der Waals surface area contributed by atoms with E-state index >= 15 is 0 Å². The number of carbonyl (C=O) groups is 1. The summed E-state index contributed by atoms with van der Waals surface area (Å²) in [5.74, 6) is 0.677. The Balaban J connectivity index is 1.89. The number of fused-ring (bicyclic) bond motifs is 1. The molecule has 1 amide bonds. The Hall–Kier alpha value is -1.77. The van der Waals surface area contributed by atoms with Gasteiger partial charge in [0.05, 0.1) is 23.0 Å². The molecule has 2 aromatic rings. The number of rotatable bonds is 7. The monoisotopic (exact) mass is 378 g/mol. The van der Waals surface area contributed by atoms with E-state index < -0.39 is 0 Å². The van der Waals surface area contributed by atoms with Crippen molar-refractivity contribution in [2.45, 2.75) is 45.8 Å². The zero-order valence-electron chi connectivity index (χ0n) is 15.5. The van der Waals surface area contributed by atoms with Crippen LogP contribution in [0.25, 0.3) is 10.2 Å². The van der Waals surface area contributed by atoms with Gasteiger partial charge in [-0.2, -0.15) is 0 Å². The van der Waals surface area contributed by atoms with Crippen molar-refractivity contribution in [3.05, 3.63) is 16.8 Å². The number of aliphatic hydroxyl groups excluding tert-OH is 1. The van der Waals surface area contributed by atoms with Crippen molar-refractivity contribution in [1.82, 2.24) is 14.9 Å². The van der Waals surface area contributed by atoms with Crippen molar-refractivity contribution in [1.29, 1.82) is 0 Å². The number of anilines is 1. The molecule has 2 aromatic heterocycles. The van der Waals surface area contributed by atoms with Gasteiger partial charge in [0.2, 0.25) is 0 Å². The van der Waals surface area contributed by atoms with Gasteiger partial charge in [0.15, 0.2) is 0 Å². The minimum absolute atomic E-state index is 0.0162. The molecule has 0 spiro atoms. The molecule has 3 rings (SSSR count). The highest BCUT2D eigenvalue weighted by Gasteiger charge is 2.25. The van der Waals surface area contributed by atoms with Crippen LogP contribution in [0.2, 0.25) is 0 Å². The first kappa shape index (κ1) is 19.0. The van der Waals surface area contributed by atoms with E-state index in [0.717, 1.165) is 41.0 Å². The van der Waals surface area contributed by atoms with Crippen LogP contribution >= 0.6 is 11.3 Å². The summed E-state index contributed by atoms with van der Waals surface area (Å²) in [5, 5.41) is 13.5. The van der Waals surface area contributed by atoms with Gasteiger partial charge >= 0.3 is 0 Å². The van der Waals surface area contributed by atoms with Crippen LogP contribution in [0.3, 0.4) is 0 Å². The summed E-state index contributed by atoms with van der Waals surface area (Å²) >= 11 is 1.38. The molecule has 1 unspecified atom stereocenters. The van der Waals surface area contributed by atoms with Crippen molar-refractivity contribution in [2.75, 3.05) is 31.6 Å². The first-order valence-electron chi connectivity index (χ1n) is 9.04. The fourth-order valence-electron chi connectivity index (χ4n) is 3.26. The van der Waals surface area contributed by atoms with E-state index in [0.29, 0.717) is 18.0 Å². The highest BCUT2D eigenvalue weighted by atomic mass is 32.1. The summed E-state index contributed by atoms with van der Waals surface area (Å²) in [5.41, 5.74) is 0.883. The largest absolute Gasteiger partial charge is 0.395 e. The molecule has 0 bridgehead atoms. The summed E-state index contributed by atoms with van der Waals surface area (Å²) in [7, 11) is 0. The predicted molar refractivity (Wildman–Crippen MR) is 103 cm³/mol. The highest BCUT2D eigenvalue weighted by Crippen LogP contribution is 2.34. The molecule has 26 heavy (non-hydrogen) atoms. The molecule has 3 heterocycles. The number of aromatic nitrogens is 2. The Bertz CT molecular complexity index is 771. The van der Waals surface area contributed by atoms with Crippen LogP contribution < -0.4 is 5.32 Å². The number of thiophene rings is 1. The van der Waals surface area contributed by atoms with Crippen LogP contribution in [0, 0.1) is 6.92 Å². The third kappa shape index (κ3) is 3.82. The normalized spacial score (nSPS) is 17.2. The molecule has 1 atom stereocenters. The summed E-state index contributed by atoms with van der Waals surface area (Å²) in [6, 6.07) is 0.0162. The third-order valence-electron chi connectivity index (χ3n) is 4.67. The van der Waals surface area contributed by atoms with Crippen molar-refractivity contribution in [2.24, 2.45) is 0 Å². The number of nitrogens with one attached hydrogen (secondary N) is 1. The third-order valence-corrected chi connectivity index (χ3v) is 5.86. The molecule has 1 fully saturated rings. The lowest BCUT2D eigenvalue weighted by molar-refractivity contribution is 0.0669. The van der Waals surface area contributed by atoms with Crippen molar-refractivity contribution in [3.63, 3.8) is 0 Å². The first-order valence-corrected chi connectivity index (χ1v) is 9.86. The number of aliphatic hydroxyl groups is 1. The van der Waals surface area contributed by atoms with Crippen molar-refractivity contribution >= 4 is 33.3 Å². The van der Waals surface area contributed by atoms with Gasteiger partial charge in [-0.1, -0.05) is 0 Å². The Morgan fingerprint density at radius 2 is 2.31 bits per heavy atom. The average molecular weight is 378 g/mol. The minimum atomic E-state index is -0.0698. The number of amides is 1. The lowest BCUT2D eigenvalue weighted by Gasteiger charge is -2.25. The molecule has 1 saturated heterocycles. The summed E-state index contributed by atoms with van der Waals surface area (Å²) in [6.07, 6.45) is 3.88. The number of hydrogen-bond acceptors (Lipinski definition) is 7. The van der Waals surface area contributed by atoms with Gasteiger partial charge < -0.3 is 20.1 Å². The van der Waals surface area contributed by atoms with E-state index in [9.17, 15) is 9.90 Å². The van der Waals surface area contributed by atoms with Gasteiger partial charge in [-0.25, -0.2) is 9.97 Å². The lowest BCUT2D eigenvalue weighted by atomic mass is 10.1. The Kier molecular flexibility index (Phi) is 6.05. The SMILES string of the molecule is Cc1c(C(=O)N(CCO)C(C)C)sc2ncnc(NCC3CCCO3)c12. The maximum atomic E-state index is 13.0. The fraction of sp³-hybridized carbons (Fsp3) is 0.611. The molecule has 1 aliphatic rings. The first-order chi connectivity index (χ1) is 12.5. The Morgan fingerprint density at radius 1 is 1.50 bits per heavy atom. The Labute approximate surface area is 157 Å². The van der Waals surface area contributed by atoms with E-state index in [-0.39, 0.29) is 24.7 Å². The molecular formula is C18H26N4O3S. The molecule has 1 aliphatic heterocycles. The van der Waals surface area contributed by atoms with Gasteiger partial charge in [-0.05, 0) is 39.2 Å². The highest BCUT2D eigenvalue weighted by molar-refractivity contribution is 7.20. The average Bonchev–Trinajstić information content (AvgIpc) is 3.25. The number of hydrogen-bond donors (Lipinski definition) is 2. The number of carbonyl (C=O) groups excluding carboxylic acids is 1. The molecule has 0 radical (unpaired) electrons. The van der Waals surface area contributed by atoms with Crippen LogP contribution in [0.5, 0.6) is 0 Å². The van der Waals surface area contributed by atoms with Gasteiger partial charge in [0.25, 0.3) is 5.91 Å². The van der Waals surface area contributed by atoms with Crippen molar-refractivity contribution < 1.29 is 14.6 Å². The summed E-state index contributed by atoms with van der Waals surface area (Å²) in [6.45, 7) is 7.62.